The Morgan fingerprint density at radius 3 is 2.21 bits per heavy atom. The van der Waals surface area contributed by atoms with Crippen molar-refractivity contribution in [1.29, 1.82) is 0 Å². The molecule has 0 aromatic heterocycles. The Kier molecular flexibility index (Phi) is 3.98. The van der Waals surface area contributed by atoms with E-state index < -0.39 is 47.3 Å². The number of carbonyl (C=O) groups is 2. The molecule has 0 saturated carbocycles. The molecule has 0 aliphatic carbocycles. The van der Waals surface area contributed by atoms with Gasteiger partial charge in [-0.3, -0.25) is 4.79 Å². The van der Waals surface area contributed by atoms with Crippen molar-refractivity contribution in [2.24, 2.45) is 0 Å². The summed E-state index contributed by atoms with van der Waals surface area (Å²) in [6.45, 7) is -1.69. The standard InChI is InChI=1S/C10H7F4NO4/c11-4-1-5(7(16)6(2-4)9(18)19)8(17)15-3-10(12,13)14/h1-2,16H,3H2,(H,15,17)(H,18,19). The van der Waals surface area contributed by atoms with Crippen molar-refractivity contribution in [2.75, 3.05) is 6.54 Å². The molecule has 0 spiro atoms. The molecule has 1 amide bonds. The monoisotopic (exact) mass is 281 g/mol. The lowest BCUT2D eigenvalue weighted by Gasteiger charge is -2.10. The van der Waals surface area contributed by atoms with Crippen molar-refractivity contribution >= 4 is 11.9 Å². The third-order valence-corrected chi connectivity index (χ3v) is 2.00. The highest BCUT2D eigenvalue weighted by Crippen LogP contribution is 2.24. The lowest BCUT2D eigenvalue weighted by molar-refractivity contribution is -0.123. The first-order chi connectivity index (χ1) is 8.61. The molecule has 0 aliphatic heterocycles. The summed E-state index contributed by atoms with van der Waals surface area (Å²) in [6, 6.07) is 0.881. The van der Waals surface area contributed by atoms with Crippen molar-refractivity contribution in [3.63, 3.8) is 0 Å². The van der Waals surface area contributed by atoms with Gasteiger partial charge < -0.3 is 15.5 Å². The highest BCUT2D eigenvalue weighted by Gasteiger charge is 2.29. The van der Waals surface area contributed by atoms with Gasteiger partial charge in [-0.2, -0.15) is 13.2 Å². The minimum absolute atomic E-state index is 0.438. The van der Waals surface area contributed by atoms with E-state index >= 15 is 0 Å². The van der Waals surface area contributed by atoms with Crippen LogP contribution in [0.15, 0.2) is 12.1 Å². The van der Waals surface area contributed by atoms with Gasteiger partial charge in [0, 0.05) is 0 Å². The van der Waals surface area contributed by atoms with E-state index in [1.807, 2.05) is 0 Å². The van der Waals surface area contributed by atoms with Gasteiger partial charge in [0.2, 0.25) is 0 Å². The zero-order valence-electron chi connectivity index (χ0n) is 9.08. The molecule has 0 bridgehead atoms. The van der Waals surface area contributed by atoms with Crippen LogP contribution in [0.1, 0.15) is 20.7 Å². The minimum atomic E-state index is -4.69. The van der Waals surface area contributed by atoms with E-state index in [4.69, 9.17) is 5.11 Å². The van der Waals surface area contributed by atoms with E-state index in [0.717, 1.165) is 0 Å². The van der Waals surface area contributed by atoms with Crippen LogP contribution in [0.5, 0.6) is 5.75 Å². The summed E-state index contributed by atoms with van der Waals surface area (Å²) in [6.07, 6.45) is -4.69. The van der Waals surface area contributed by atoms with Crippen LogP contribution < -0.4 is 5.32 Å². The number of hydrogen-bond donors (Lipinski definition) is 3. The average Bonchev–Trinajstić information content (AvgIpc) is 2.27. The second kappa shape index (κ2) is 5.12. The first-order valence-corrected chi connectivity index (χ1v) is 4.72. The molecule has 0 radical (unpaired) electrons. The smallest absolute Gasteiger partial charge is 0.405 e. The number of phenols is 1. The Balaban J connectivity index is 3.07. The molecule has 0 heterocycles. The van der Waals surface area contributed by atoms with Crippen LogP contribution in [0.25, 0.3) is 0 Å². The number of carboxylic acid groups (broad SMARTS) is 1. The molecule has 104 valence electrons. The minimum Gasteiger partial charge on any atom is -0.506 e. The van der Waals surface area contributed by atoms with E-state index in [0.29, 0.717) is 12.1 Å². The number of nitrogens with one attached hydrogen (secondary N) is 1. The second-order valence-corrected chi connectivity index (χ2v) is 3.45. The van der Waals surface area contributed by atoms with Crippen molar-refractivity contribution in [3.8, 4) is 5.75 Å². The van der Waals surface area contributed by atoms with Crippen LogP contribution in [-0.4, -0.2) is 34.8 Å². The lowest BCUT2D eigenvalue weighted by Crippen LogP contribution is -2.33. The number of halogens is 4. The number of aromatic hydroxyl groups is 1. The fourth-order valence-corrected chi connectivity index (χ4v) is 1.21. The number of carboxylic acids is 1. The van der Waals surface area contributed by atoms with Crippen LogP contribution in [0.4, 0.5) is 17.6 Å². The predicted octanol–water partition coefficient (Wildman–Crippen LogP) is 1.52. The number of aromatic carboxylic acids is 1. The summed E-state index contributed by atoms with van der Waals surface area (Å²) in [5.74, 6) is -5.43. The Morgan fingerprint density at radius 2 is 1.74 bits per heavy atom. The van der Waals surface area contributed by atoms with Crippen LogP contribution in [0.2, 0.25) is 0 Å². The normalized spacial score (nSPS) is 11.2. The number of benzene rings is 1. The van der Waals surface area contributed by atoms with E-state index in [1.54, 1.807) is 0 Å². The van der Waals surface area contributed by atoms with Gasteiger partial charge in [0.25, 0.3) is 5.91 Å². The summed E-state index contributed by atoms with van der Waals surface area (Å²) in [5.41, 5.74) is -1.81. The molecule has 19 heavy (non-hydrogen) atoms. The summed E-state index contributed by atoms with van der Waals surface area (Å²) >= 11 is 0. The molecule has 9 heteroatoms. The maximum Gasteiger partial charge on any atom is 0.405 e. The van der Waals surface area contributed by atoms with Gasteiger partial charge in [0.05, 0.1) is 5.56 Å². The van der Waals surface area contributed by atoms with Gasteiger partial charge in [-0.15, -0.1) is 0 Å². The van der Waals surface area contributed by atoms with E-state index in [-0.39, 0.29) is 0 Å². The maximum absolute atomic E-state index is 13.0. The third-order valence-electron chi connectivity index (χ3n) is 2.00. The summed E-state index contributed by atoms with van der Waals surface area (Å²) < 4.78 is 48.6. The van der Waals surface area contributed by atoms with Crippen LogP contribution >= 0.6 is 0 Å². The Morgan fingerprint density at radius 1 is 1.21 bits per heavy atom. The molecule has 3 N–H and O–H groups in total. The SMILES string of the molecule is O=C(O)c1cc(F)cc(C(=O)NCC(F)(F)F)c1O. The van der Waals surface area contributed by atoms with Gasteiger partial charge in [0.1, 0.15) is 23.7 Å². The van der Waals surface area contributed by atoms with Crippen molar-refractivity contribution in [3.05, 3.63) is 29.1 Å². The fraction of sp³-hybridized carbons (Fsp3) is 0.200. The molecular formula is C10H7F4NO4. The number of alkyl halides is 3. The van der Waals surface area contributed by atoms with Gasteiger partial charge in [-0.05, 0) is 12.1 Å². The largest absolute Gasteiger partial charge is 0.506 e. The molecule has 1 rings (SSSR count). The first kappa shape index (κ1) is 14.7. The first-order valence-electron chi connectivity index (χ1n) is 4.72. The molecule has 0 unspecified atom stereocenters. The Labute approximate surface area is 103 Å². The van der Waals surface area contributed by atoms with E-state index in [1.165, 1.54) is 5.32 Å². The zero-order chi connectivity index (χ0) is 14.8. The summed E-state index contributed by atoms with van der Waals surface area (Å²) in [5, 5.41) is 19.4. The topological polar surface area (TPSA) is 86.6 Å². The Hall–Kier alpha value is -2.32. The van der Waals surface area contributed by atoms with E-state index in [9.17, 15) is 32.3 Å². The summed E-state index contributed by atoms with van der Waals surface area (Å²) in [4.78, 5) is 21.9. The molecule has 1 aromatic rings. The maximum atomic E-state index is 13.0. The van der Waals surface area contributed by atoms with Crippen LogP contribution in [0, 0.1) is 5.82 Å². The predicted molar refractivity (Wildman–Crippen MR) is 53.4 cm³/mol. The van der Waals surface area contributed by atoms with Crippen LogP contribution in [0.3, 0.4) is 0 Å². The zero-order valence-corrected chi connectivity index (χ0v) is 9.08. The molecule has 5 nitrogen and oxygen atoms in total. The molecule has 1 aromatic carbocycles. The van der Waals surface area contributed by atoms with Gasteiger partial charge in [-0.1, -0.05) is 0 Å². The Bertz CT molecular complexity index is 527. The van der Waals surface area contributed by atoms with Crippen molar-refractivity contribution in [1.82, 2.24) is 5.32 Å². The molecular weight excluding hydrogens is 274 g/mol. The summed E-state index contributed by atoms with van der Waals surface area (Å²) in [7, 11) is 0. The van der Waals surface area contributed by atoms with Crippen molar-refractivity contribution < 1.29 is 37.4 Å². The number of hydrogen-bond acceptors (Lipinski definition) is 3. The number of amides is 1. The lowest BCUT2D eigenvalue weighted by atomic mass is 10.1. The number of rotatable bonds is 3. The van der Waals surface area contributed by atoms with Gasteiger partial charge >= 0.3 is 12.1 Å². The fourth-order valence-electron chi connectivity index (χ4n) is 1.21. The average molecular weight is 281 g/mol. The third kappa shape index (κ3) is 3.83. The highest BCUT2D eigenvalue weighted by molar-refractivity contribution is 6.01. The highest BCUT2D eigenvalue weighted by atomic mass is 19.4. The van der Waals surface area contributed by atoms with Gasteiger partial charge in [0.15, 0.2) is 0 Å². The molecule has 0 saturated heterocycles. The van der Waals surface area contributed by atoms with Crippen LogP contribution in [-0.2, 0) is 0 Å². The molecule has 0 aliphatic rings. The molecule has 0 atom stereocenters. The quantitative estimate of drug-likeness (QED) is 0.733. The second-order valence-electron chi connectivity index (χ2n) is 3.45. The number of carbonyl (C=O) groups excluding carboxylic acids is 1. The van der Waals surface area contributed by atoms with E-state index in [2.05, 4.69) is 0 Å². The molecule has 0 fully saturated rings. The van der Waals surface area contributed by atoms with Crippen molar-refractivity contribution in [2.45, 2.75) is 6.18 Å². The van der Waals surface area contributed by atoms with Gasteiger partial charge in [-0.25, -0.2) is 9.18 Å².